The van der Waals surface area contributed by atoms with Gasteiger partial charge in [0.15, 0.2) is 0 Å². The Morgan fingerprint density at radius 1 is 1.56 bits per heavy atom. The Balaban J connectivity index is 2.39. The van der Waals surface area contributed by atoms with Crippen LogP contribution in [0.1, 0.15) is 19.8 Å². The highest BCUT2D eigenvalue weighted by molar-refractivity contribution is 7.88. The van der Waals surface area contributed by atoms with E-state index in [1.54, 1.807) is 4.31 Å². The van der Waals surface area contributed by atoms with Crippen molar-refractivity contribution >= 4 is 10.0 Å². The van der Waals surface area contributed by atoms with Crippen molar-refractivity contribution in [2.45, 2.75) is 25.8 Å². The molecule has 2 atom stereocenters. The third-order valence-corrected chi connectivity index (χ3v) is 4.25. The Hall–Kier alpha value is -0.170. The number of aliphatic hydroxyl groups excluding tert-OH is 1. The van der Waals surface area contributed by atoms with Crippen LogP contribution in [-0.2, 0) is 10.0 Å². The topological polar surface area (TPSA) is 69.6 Å². The summed E-state index contributed by atoms with van der Waals surface area (Å²) in [7, 11) is -3.05. The zero-order valence-electron chi connectivity index (χ0n) is 10.0. The van der Waals surface area contributed by atoms with Gasteiger partial charge in [-0.1, -0.05) is 0 Å². The molecule has 0 bridgehead atoms. The number of nitrogens with one attached hydrogen (secondary N) is 1. The van der Waals surface area contributed by atoms with Gasteiger partial charge in [-0.25, -0.2) is 12.7 Å². The van der Waals surface area contributed by atoms with E-state index in [0.717, 1.165) is 19.4 Å². The van der Waals surface area contributed by atoms with Crippen LogP contribution in [0.3, 0.4) is 0 Å². The Morgan fingerprint density at radius 3 is 2.81 bits per heavy atom. The summed E-state index contributed by atoms with van der Waals surface area (Å²) in [6.07, 6.45) is 3.24. The van der Waals surface area contributed by atoms with Crippen molar-refractivity contribution in [3.8, 4) is 0 Å². The predicted octanol–water partition coefficient (Wildman–Crippen LogP) is -0.372. The molecule has 0 aromatic rings. The molecular weight excluding hydrogens is 228 g/mol. The van der Waals surface area contributed by atoms with E-state index in [2.05, 4.69) is 5.32 Å². The molecule has 1 aliphatic rings. The first-order valence-electron chi connectivity index (χ1n) is 5.73. The number of hydrogen-bond donors (Lipinski definition) is 2. The van der Waals surface area contributed by atoms with Gasteiger partial charge in [-0.3, -0.25) is 0 Å². The fourth-order valence-electron chi connectivity index (χ4n) is 1.93. The third kappa shape index (κ3) is 4.37. The van der Waals surface area contributed by atoms with Gasteiger partial charge in [0.05, 0.1) is 12.9 Å². The van der Waals surface area contributed by atoms with Crippen LogP contribution in [0, 0.1) is 5.92 Å². The van der Waals surface area contributed by atoms with Crippen molar-refractivity contribution in [3.63, 3.8) is 0 Å². The standard InChI is InChI=1S/C10H22N2O3S/c1-9(8-13)11-6-10-4-3-5-12(7-10)16(2,14)15/h9-11,13H,3-8H2,1-2H3. The zero-order valence-corrected chi connectivity index (χ0v) is 10.8. The molecule has 0 saturated carbocycles. The molecule has 0 amide bonds. The van der Waals surface area contributed by atoms with Crippen LogP contribution in [-0.4, -0.2) is 56.4 Å². The molecule has 0 spiro atoms. The quantitative estimate of drug-likeness (QED) is 0.698. The molecule has 0 radical (unpaired) electrons. The van der Waals surface area contributed by atoms with Crippen molar-refractivity contribution in [3.05, 3.63) is 0 Å². The molecule has 2 unspecified atom stereocenters. The average Bonchev–Trinajstić information content (AvgIpc) is 2.25. The highest BCUT2D eigenvalue weighted by atomic mass is 32.2. The van der Waals surface area contributed by atoms with Gasteiger partial charge in [0, 0.05) is 19.1 Å². The second-order valence-corrected chi connectivity index (χ2v) is 6.60. The summed E-state index contributed by atoms with van der Waals surface area (Å²) in [5.41, 5.74) is 0. The van der Waals surface area contributed by atoms with Crippen molar-refractivity contribution in [1.29, 1.82) is 0 Å². The minimum absolute atomic E-state index is 0.0774. The summed E-state index contributed by atoms with van der Waals surface area (Å²) in [6, 6.07) is 0.0774. The highest BCUT2D eigenvalue weighted by Gasteiger charge is 2.25. The molecular formula is C10H22N2O3S. The predicted molar refractivity (Wildman–Crippen MR) is 63.7 cm³/mol. The number of nitrogens with zero attached hydrogens (tertiary/aromatic N) is 1. The zero-order chi connectivity index (χ0) is 12.2. The Morgan fingerprint density at radius 2 is 2.25 bits per heavy atom. The minimum atomic E-state index is -3.05. The van der Waals surface area contributed by atoms with Gasteiger partial charge in [-0.05, 0) is 32.2 Å². The van der Waals surface area contributed by atoms with E-state index >= 15 is 0 Å². The maximum absolute atomic E-state index is 11.4. The van der Waals surface area contributed by atoms with Gasteiger partial charge in [0.25, 0.3) is 0 Å². The molecule has 0 aliphatic carbocycles. The van der Waals surface area contributed by atoms with Crippen LogP contribution >= 0.6 is 0 Å². The lowest BCUT2D eigenvalue weighted by Gasteiger charge is -2.31. The molecule has 0 aromatic heterocycles. The fraction of sp³-hybridized carbons (Fsp3) is 1.00. The van der Waals surface area contributed by atoms with E-state index in [1.165, 1.54) is 6.26 Å². The first-order chi connectivity index (χ1) is 7.43. The summed E-state index contributed by atoms with van der Waals surface area (Å²) in [4.78, 5) is 0. The van der Waals surface area contributed by atoms with E-state index in [4.69, 9.17) is 5.11 Å². The van der Waals surface area contributed by atoms with Crippen LogP contribution in [0.15, 0.2) is 0 Å². The van der Waals surface area contributed by atoms with E-state index in [1.807, 2.05) is 6.92 Å². The molecule has 1 fully saturated rings. The van der Waals surface area contributed by atoms with Crippen molar-refractivity contribution in [2.75, 3.05) is 32.5 Å². The summed E-state index contributed by atoms with van der Waals surface area (Å²) >= 11 is 0. The summed E-state index contributed by atoms with van der Waals surface area (Å²) in [5.74, 6) is 0.359. The molecule has 1 rings (SSSR count). The van der Waals surface area contributed by atoms with Crippen LogP contribution in [0.25, 0.3) is 0 Å². The van der Waals surface area contributed by atoms with E-state index in [9.17, 15) is 8.42 Å². The number of rotatable bonds is 5. The van der Waals surface area contributed by atoms with Crippen LogP contribution in [0.5, 0.6) is 0 Å². The molecule has 2 N–H and O–H groups in total. The van der Waals surface area contributed by atoms with Crippen molar-refractivity contribution < 1.29 is 13.5 Å². The second kappa shape index (κ2) is 5.95. The molecule has 1 heterocycles. The van der Waals surface area contributed by atoms with Crippen molar-refractivity contribution in [2.24, 2.45) is 5.92 Å². The van der Waals surface area contributed by atoms with Crippen LogP contribution in [0.4, 0.5) is 0 Å². The lowest BCUT2D eigenvalue weighted by atomic mass is 9.99. The molecule has 1 saturated heterocycles. The van der Waals surface area contributed by atoms with E-state index in [-0.39, 0.29) is 12.6 Å². The Labute approximate surface area is 97.9 Å². The molecule has 0 aromatic carbocycles. The first kappa shape index (κ1) is 13.9. The number of sulfonamides is 1. The van der Waals surface area contributed by atoms with Crippen LogP contribution < -0.4 is 5.32 Å². The number of piperidine rings is 1. The fourth-order valence-corrected chi connectivity index (χ4v) is 2.87. The van der Waals surface area contributed by atoms with Gasteiger partial charge < -0.3 is 10.4 Å². The van der Waals surface area contributed by atoms with E-state index in [0.29, 0.717) is 19.0 Å². The van der Waals surface area contributed by atoms with Gasteiger partial charge in [-0.2, -0.15) is 0 Å². The van der Waals surface area contributed by atoms with Crippen LogP contribution in [0.2, 0.25) is 0 Å². The van der Waals surface area contributed by atoms with Gasteiger partial charge in [0.2, 0.25) is 10.0 Å². The molecule has 96 valence electrons. The largest absolute Gasteiger partial charge is 0.395 e. The highest BCUT2D eigenvalue weighted by Crippen LogP contribution is 2.17. The smallest absolute Gasteiger partial charge is 0.211 e. The van der Waals surface area contributed by atoms with Gasteiger partial charge in [-0.15, -0.1) is 0 Å². The minimum Gasteiger partial charge on any atom is -0.395 e. The molecule has 5 nitrogen and oxygen atoms in total. The van der Waals surface area contributed by atoms with E-state index < -0.39 is 10.0 Å². The lowest BCUT2D eigenvalue weighted by Crippen LogP contribution is -2.44. The lowest BCUT2D eigenvalue weighted by molar-refractivity contribution is 0.223. The monoisotopic (exact) mass is 250 g/mol. The number of aliphatic hydroxyl groups is 1. The normalized spacial score (nSPS) is 25.6. The Kier molecular flexibility index (Phi) is 5.17. The average molecular weight is 250 g/mol. The number of hydrogen-bond acceptors (Lipinski definition) is 4. The summed E-state index contributed by atoms with van der Waals surface area (Å²) in [5, 5.41) is 12.1. The molecule has 1 aliphatic heterocycles. The third-order valence-electron chi connectivity index (χ3n) is 2.98. The summed E-state index contributed by atoms with van der Waals surface area (Å²) in [6.45, 7) is 4.04. The summed E-state index contributed by atoms with van der Waals surface area (Å²) < 4.78 is 24.3. The van der Waals surface area contributed by atoms with Gasteiger partial charge in [0.1, 0.15) is 0 Å². The molecule has 16 heavy (non-hydrogen) atoms. The SMILES string of the molecule is CC(CO)NCC1CCCN(S(C)(=O)=O)C1. The first-order valence-corrected chi connectivity index (χ1v) is 7.57. The van der Waals surface area contributed by atoms with Crippen molar-refractivity contribution in [1.82, 2.24) is 9.62 Å². The second-order valence-electron chi connectivity index (χ2n) is 4.62. The van der Waals surface area contributed by atoms with Gasteiger partial charge >= 0.3 is 0 Å². The Bertz CT molecular complexity index is 305. The molecule has 6 heteroatoms. The maximum Gasteiger partial charge on any atom is 0.211 e. The maximum atomic E-state index is 11.4.